The van der Waals surface area contributed by atoms with Crippen molar-refractivity contribution in [3.63, 3.8) is 0 Å². The molecule has 0 aliphatic rings. The molecule has 1 amide bonds. The van der Waals surface area contributed by atoms with Crippen LogP contribution >= 0.6 is 11.8 Å². The Bertz CT molecular complexity index is 978. The SMILES string of the molecule is COc1cccc(OCc2nnc(SCC(=O)N(c3ccccc3)C(C)C)n2N)c1. The minimum absolute atomic E-state index is 0.0293. The molecule has 3 rings (SSSR count). The van der Waals surface area contributed by atoms with Gasteiger partial charge in [-0.15, -0.1) is 10.2 Å². The minimum atomic E-state index is -0.0293. The number of rotatable bonds is 9. The normalized spacial score (nSPS) is 10.8. The highest BCUT2D eigenvalue weighted by Gasteiger charge is 2.20. The number of carbonyl (C=O) groups excluding carboxylic acids is 1. The largest absolute Gasteiger partial charge is 0.497 e. The smallest absolute Gasteiger partial charge is 0.237 e. The zero-order valence-corrected chi connectivity index (χ0v) is 18.0. The molecule has 9 heteroatoms. The van der Waals surface area contributed by atoms with E-state index in [0.717, 1.165) is 5.69 Å². The highest BCUT2D eigenvalue weighted by molar-refractivity contribution is 7.99. The number of amides is 1. The molecular weight excluding hydrogens is 402 g/mol. The van der Waals surface area contributed by atoms with Crippen LogP contribution in [0.25, 0.3) is 0 Å². The number of ether oxygens (including phenoxy) is 2. The summed E-state index contributed by atoms with van der Waals surface area (Å²) in [6.07, 6.45) is 0. The number of nitrogen functional groups attached to an aromatic ring is 1. The molecule has 3 aromatic rings. The van der Waals surface area contributed by atoms with Crippen LogP contribution in [0.5, 0.6) is 11.5 Å². The first-order chi connectivity index (χ1) is 14.5. The van der Waals surface area contributed by atoms with Crippen LogP contribution in [0.15, 0.2) is 59.8 Å². The lowest BCUT2D eigenvalue weighted by Gasteiger charge is -2.26. The van der Waals surface area contributed by atoms with Gasteiger partial charge in [0.25, 0.3) is 0 Å². The number of hydrogen-bond donors (Lipinski definition) is 1. The topological polar surface area (TPSA) is 95.5 Å². The second-order valence-corrected chi connectivity index (χ2v) is 7.66. The lowest BCUT2D eigenvalue weighted by molar-refractivity contribution is -0.116. The maximum atomic E-state index is 12.8. The molecular formula is C21H25N5O3S. The van der Waals surface area contributed by atoms with Crippen LogP contribution < -0.4 is 20.2 Å². The van der Waals surface area contributed by atoms with Crippen molar-refractivity contribution in [2.75, 3.05) is 23.6 Å². The molecule has 0 aliphatic heterocycles. The monoisotopic (exact) mass is 427 g/mol. The maximum absolute atomic E-state index is 12.8. The lowest BCUT2D eigenvalue weighted by atomic mass is 10.2. The van der Waals surface area contributed by atoms with Gasteiger partial charge < -0.3 is 20.2 Å². The quantitative estimate of drug-likeness (QED) is 0.414. The fourth-order valence-electron chi connectivity index (χ4n) is 2.86. The molecule has 0 aliphatic carbocycles. The van der Waals surface area contributed by atoms with Crippen LogP contribution in [-0.4, -0.2) is 39.7 Å². The Morgan fingerprint density at radius 2 is 1.87 bits per heavy atom. The Balaban J connectivity index is 1.61. The molecule has 0 unspecified atom stereocenters. The van der Waals surface area contributed by atoms with Crippen molar-refractivity contribution in [1.82, 2.24) is 14.9 Å². The first-order valence-corrected chi connectivity index (χ1v) is 10.4. The average molecular weight is 428 g/mol. The zero-order chi connectivity index (χ0) is 21.5. The second kappa shape index (κ2) is 10.0. The van der Waals surface area contributed by atoms with Gasteiger partial charge in [0.2, 0.25) is 11.1 Å². The highest BCUT2D eigenvalue weighted by atomic mass is 32.2. The van der Waals surface area contributed by atoms with Gasteiger partial charge in [0.05, 0.1) is 12.9 Å². The van der Waals surface area contributed by atoms with Crippen LogP contribution in [0.1, 0.15) is 19.7 Å². The van der Waals surface area contributed by atoms with Gasteiger partial charge in [0.15, 0.2) is 5.82 Å². The summed E-state index contributed by atoms with van der Waals surface area (Å²) in [4.78, 5) is 14.6. The van der Waals surface area contributed by atoms with E-state index >= 15 is 0 Å². The summed E-state index contributed by atoms with van der Waals surface area (Å²) in [6, 6.07) is 16.9. The predicted octanol–water partition coefficient (Wildman–Crippen LogP) is 3.11. The Morgan fingerprint density at radius 3 is 2.57 bits per heavy atom. The standard InChI is InChI=1S/C21H25N5O3S/c1-15(2)25(16-8-5-4-6-9-16)20(27)14-30-21-24-23-19(26(21)22)13-29-18-11-7-10-17(12-18)28-3/h4-12,15H,13-14,22H2,1-3H3. The summed E-state index contributed by atoms with van der Waals surface area (Å²) in [5, 5.41) is 8.61. The Morgan fingerprint density at radius 1 is 1.13 bits per heavy atom. The minimum Gasteiger partial charge on any atom is -0.497 e. The second-order valence-electron chi connectivity index (χ2n) is 6.72. The summed E-state index contributed by atoms with van der Waals surface area (Å²) >= 11 is 1.24. The number of carbonyl (C=O) groups is 1. The van der Waals surface area contributed by atoms with E-state index in [4.69, 9.17) is 15.3 Å². The average Bonchev–Trinajstić information content (AvgIpc) is 3.11. The van der Waals surface area contributed by atoms with E-state index in [-0.39, 0.29) is 24.3 Å². The zero-order valence-electron chi connectivity index (χ0n) is 17.2. The van der Waals surface area contributed by atoms with Crippen molar-refractivity contribution in [2.45, 2.75) is 31.7 Å². The van der Waals surface area contributed by atoms with Gasteiger partial charge in [-0.1, -0.05) is 36.0 Å². The summed E-state index contributed by atoms with van der Waals surface area (Å²) < 4.78 is 12.2. The molecule has 0 atom stereocenters. The molecule has 0 saturated heterocycles. The Labute approximate surface area is 180 Å². The number of nitrogens with two attached hydrogens (primary N) is 1. The highest BCUT2D eigenvalue weighted by Crippen LogP contribution is 2.22. The number of nitrogens with zero attached hydrogens (tertiary/aromatic N) is 4. The molecule has 0 spiro atoms. The fourth-order valence-corrected chi connectivity index (χ4v) is 3.59. The van der Waals surface area contributed by atoms with Crippen LogP contribution in [0.4, 0.5) is 5.69 Å². The van der Waals surface area contributed by atoms with Gasteiger partial charge in [-0.2, -0.15) is 0 Å². The third-order valence-electron chi connectivity index (χ3n) is 4.29. The van der Waals surface area contributed by atoms with Crippen LogP contribution in [0.3, 0.4) is 0 Å². The molecule has 30 heavy (non-hydrogen) atoms. The molecule has 1 heterocycles. The summed E-state index contributed by atoms with van der Waals surface area (Å²) in [6.45, 7) is 4.11. The molecule has 0 radical (unpaired) electrons. The number of methoxy groups -OCH3 is 1. The van der Waals surface area contributed by atoms with E-state index in [2.05, 4.69) is 10.2 Å². The fraction of sp³-hybridized carbons (Fsp3) is 0.286. The number of thioether (sulfide) groups is 1. The van der Waals surface area contributed by atoms with Gasteiger partial charge in [-0.25, -0.2) is 4.68 Å². The van der Waals surface area contributed by atoms with E-state index in [9.17, 15) is 4.79 Å². The van der Waals surface area contributed by atoms with Crippen molar-refractivity contribution in [3.8, 4) is 11.5 Å². The van der Waals surface area contributed by atoms with Gasteiger partial charge in [0, 0.05) is 17.8 Å². The molecule has 2 N–H and O–H groups in total. The van der Waals surface area contributed by atoms with Gasteiger partial charge in [0.1, 0.15) is 18.1 Å². The van der Waals surface area contributed by atoms with Crippen molar-refractivity contribution in [3.05, 3.63) is 60.4 Å². The summed E-state index contributed by atoms with van der Waals surface area (Å²) in [5.74, 6) is 8.05. The first-order valence-electron chi connectivity index (χ1n) is 9.45. The maximum Gasteiger partial charge on any atom is 0.237 e. The van der Waals surface area contributed by atoms with Crippen molar-refractivity contribution in [2.24, 2.45) is 0 Å². The van der Waals surface area contributed by atoms with Crippen molar-refractivity contribution < 1.29 is 14.3 Å². The van der Waals surface area contributed by atoms with Gasteiger partial charge >= 0.3 is 0 Å². The van der Waals surface area contributed by atoms with E-state index in [1.807, 2.05) is 62.4 Å². The molecule has 2 aromatic carbocycles. The Kier molecular flexibility index (Phi) is 7.18. The predicted molar refractivity (Wildman–Crippen MR) is 117 cm³/mol. The van der Waals surface area contributed by atoms with Crippen LogP contribution in [0, 0.1) is 0 Å². The first kappa shape index (κ1) is 21.5. The van der Waals surface area contributed by atoms with E-state index in [1.54, 1.807) is 18.1 Å². The van der Waals surface area contributed by atoms with Crippen LogP contribution in [-0.2, 0) is 11.4 Å². The van der Waals surface area contributed by atoms with Crippen LogP contribution in [0.2, 0.25) is 0 Å². The van der Waals surface area contributed by atoms with E-state index in [1.165, 1.54) is 16.4 Å². The molecule has 0 fully saturated rings. The molecule has 158 valence electrons. The molecule has 8 nitrogen and oxygen atoms in total. The summed E-state index contributed by atoms with van der Waals surface area (Å²) in [7, 11) is 1.60. The number of benzene rings is 2. The lowest BCUT2D eigenvalue weighted by Crippen LogP contribution is -2.38. The van der Waals surface area contributed by atoms with Gasteiger partial charge in [-0.05, 0) is 38.1 Å². The van der Waals surface area contributed by atoms with Crippen molar-refractivity contribution >= 4 is 23.4 Å². The molecule has 1 aromatic heterocycles. The van der Waals surface area contributed by atoms with Crippen molar-refractivity contribution in [1.29, 1.82) is 0 Å². The third-order valence-corrected chi connectivity index (χ3v) is 5.22. The number of hydrogen-bond acceptors (Lipinski definition) is 7. The van der Waals surface area contributed by atoms with E-state index in [0.29, 0.717) is 22.5 Å². The Hall–Kier alpha value is -3.20. The number of para-hydroxylation sites is 1. The third kappa shape index (κ3) is 5.24. The van der Waals surface area contributed by atoms with Gasteiger partial charge in [-0.3, -0.25) is 4.79 Å². The summed E-state index contributed by atoms with van der Waals surface area (Å²) in [5.41, 5.74) is 0.861. The molecule has 0 saturated carbocycles. The van der Waals surface area contributed by atoms with E-state index < -0.39 is 0 Å². The number of aromatic nitrogens is 3. The molecule has 0 bridgehead atoms. The number of anilines is 1.